The van der Waals surface area contributed by atoms with Gasteiger partial charge < -0.3 is 14.6 Å². The first-order chi connectivity index (χ1) is 4.06. The first-order valence-corrected chi connectivity index (χ1v) is 2.23. The summed E-state index contributed by atoms with van der Waals surface area (Å²) in [7, 11) is 1.30. The average molecular weight is 142 g/mol. The molecule has 3 nitrogen and oxygen atoms in total. The van der Waals surface area contributed by atoms with Crippen molar-refractivity contribution < 1.29 is 23.4 Å². The molecule has 0 aromatic rings. The molecule has 9 heavy (non-hydrogen) atoms. The molecule has 5 heteroatoms. The van der Waals surface area contributed by atoms with E-state index in [4.69, 9.17) is 5.11 Å². The van der Waals surface area contributed by atoms with Crippen LogP contribution in [-0.2, 0) is 9.47 Å². The zero-order valence-electron chi connectivity index (χ0n) is 4.93. The second-order valence-corrected chi connectivity index (χ2v) is 1.42. The van der Waals surface area contributed by atoms with Gasteiger partial charge in [-0.05, 0) is 0 Å². The number of ether oxygens (including phenoxy) is 2. The summed E-state index contributed by atoms with van der Waals surface area (Å²) in [6.45, 7) is -1.27. The summed E-state index contributed by atoms with van der Waals surface area (Å²) in [5.74, 6) is 0. The van der Waals surface area contributed by atoms with Crippen LogP contribution >= 0.6 is 0 Å². The number of aliphatic hydroxyl groups is 1. The number of hydrogen-bond donors (Lipinski definition) is 1. The van der Waals surface area contributed by atoms with Gasteiger partial charge in [-0.25, -0.2) is 0 Å². The average Bonchev–Trinajstić information content (AvgIpc) is 1.63. The Morgan fingerprint density at radius 2 is 2.11 bits per heavy atom. The standard InChI is InChI=1S/C4H8F2O3/c1-8-3-9-2-4(5,6)7/h7H,2-3H2,1H3. The van der Waals surface area contributed by atoms with Crippen molar-refractivity contribution in [3.8, 4) is 0 Å². The quantitative estimate of drug-likeness (QED) is 0.450. The van der Waals surface area contributed by atoms with Crippen molar-refractivity contribution >= 4 is 0 Å². The summed E-state index contributed by atoms with van der Waals surface area (Å²) in [5, 5.41) is 7.73. The lowest BCUT2D eigenvalue weighted by atomic mass is 10.7. The smallest absolute Gasteiger partial charge is 0.359 e. The first kappa shape index (κ1) is 8.74. The molecule has 0 aliphatic heterocycles. The molecule has 0 atom stereocenters. The maximum absolute atomic E-state index is 11.4. The minimum absolute atomic E-state index is 0.240. The highest BCUT2D eigenvalue weighted by atomic mass is 19.3. The molecule has 0 aromatic carbocycles. The second kappa shape index (κ2) is 3.71. The third-order valence-electron chi connectivity index (χ3n) is 0.477. The minimum Gasteiger partial charge on any atom is -0.359 e. The third kappa shape index (κ3) is 7.74. The number of rotatable bonds is 4. The van der Waals surface area contributed by atoms with Gasteiger partial charge in [0.25, 0.3) is 0 Å². The Labute approximate surface area is 51.2 Å². The van der Waals surface area contributed by atoms with E-state index in [1.807, 2.05) is 0 Å². The molecule has 0 saturated heterocycles. The Bertz CT molecular complexity index is 70.7. The summed E-state index contributed by atoms with van der Waals surface area (Å²) in [6, 6.07) is 0. The highest BCUT2D eigenvalue weighted by Crippen LogP contribution is 2.06. The van der Waals surface area contributed by atoms with Crippen LogP contribution in [0.1, 0.15) is 0 Å². The van der Waals surface area contributed by atoms with Gasteiger partial charge in [0.2, 0.25) is 0 Å². The molecule has 1 N–H and O–H groups in total. The SMILES string of the molecule is COCOCC(O)(F)F. The summed E-state index contributed by atoms with van der Waals surface area (Å²) in [6.07, 6.45) is -3.75. The number of methoxy groups -OCH3 is 1. The normalized spacial score (nSPS) is 12.0. The van der Waals surface area contributed by atoms with Gasteiger partial charge in [0, 0.05) is 7.11 Å². The van der Waals surface area contributed by atoms with Crippen LogP contribution in [0.25, 0.3) is 0 Å². The molecule has 0 bridgehead atoms. The lowest BCUT2D eigenvalue weighted by Crippen LogP contribution is -2.22. The molecule has 0 amide bonds. The van der Waals surface area contributed by atoms with Gasteiger partial charge in [-0.15, -0.1) is 0 Å². The topological polar surface area (TPSA) is 38.7 Å². The summed E-state index contributed by atoms with van der Waals surface area (Å²) >= 11 is 0. The molecule has 0 radical (unpaired) electrons. The van der Waals surface area contributed by atoms with Crippen LogP contribution < -0.4 is 0 Å². The zero-order valence-corrected chi connectivity index (χ0v) is 4.93. The van der Waals surface area contributed by atoms with Crippen molar-refractivity contribution in [1.29, 1.82) is 0 Å². The van der Waals surface area contributed by atoms with E-state index in [0.29, 0.717) is 0 Å². The van der Waals surface area contributed by atoms with Crippen LogP contribution in [-0.4, -0.2) is 31.7 Å². The molecule has 56 valence electrons. The first-order valence-electron chi connectivity index (χ1n) is 2.23. The molecule has 0 spiro atoms. The maximum Gasteiger partial charge on any atom is 0.376 e. The van der Waals surface area contributed by atoms with Gasteiger partial charge >= 0.3 is 6.11 Å². The molecule has 0 heterocycles. The van der Waals surface area contributed by atoms with Crippen molar-refractivity contribution in [2.75, 3.05) is 20.5 Å². The van der Waals surface area contributed by atoms with Gasteiger partial charge in [0.15, 0.2) is 0 Å². The van der Waals surface area contributed by atoms with E-state index >= 15 is 0 Å². The van der Waals surface area contributed by atoms with E-state index in [2.05, 4.69) is 9.47 Å². The lowest BCUT2D eigenvalue weighted by Gasteiger charge is -2.07. The van der Waals surface area contributed by atoms with Crippen LogP contribution in [0.3, 0.4) is 0 Å². The highest BCUT2D eigenvalue weighted by molar-refractivity contribution is 4.41. The third-order valence-corrected chi connectivity index (χ3v) is 0.477. The van der Waals surface area contributed by atoms with Crippen LogP contribution in [0.15, 0.2) is 0 Å². The number of halogens is 2. The fraction of sp³-hybridized carbons (Fsp3) is 1.00. The van der Waals surface area contributed by atoms with E-state index in [1.54, 1.807) is 0 Å². The van der Waals surface area contributed by atoms with Crippen LogP contribution in [0.5, 0.6) is 0 Å². The Balaban J connectivity index is 3.07. The summed E-state index contributed by atoms with van der Waals surface area (Å²) in [5.41, 5.74) is 0. The Morgan fingerprint density at radius 3 is 2.44 bits per heavy atom. The molecule has 0 rings (SSSR count). The summed E-state index contributed by atoms with van der Waals surface area (Å²) < 4.78 is 31.2. The number of hydrogen-bond acceptors (Lipinski definition) is 3. The van der Waals surface area contributed by atoms with Crippen LogP contribution in [0, 0.1) is 0 Å². The second-order valence-electron chi connectivity index (χ2n) is 1.42. The van der Waals surface area contributed by atoms with Gasteiger partial charge in [0.1, 0.15) is 13.4 Å². The maximum atomic E-state index is 11.4. The lowest BCUT2D eigenvalue weighted by molar-refractivity contribution is -0.243. The molecule has 0 aliphatic rings. The largest absolute Gasteiger partial charge is 0.376 e. The number of alkyl halides is 2. The Morgan fingerprint density at radius 1 is 1.56 bits per heavy atom. The van der Waals surface area contributed by atoms with E-state index in [9.17, 15) is 8.78 Å². The van der Waals surface area contributed by atoms with Crippen molar-refractivity contribution in [2.24, 2.45) is 0 Å². The molecule has 0 unspecified atom stereocenters. The highest BCUT2D eigenvalue weighted by Gasteiger charge is 2.23. The monoisotopic (exact) mass is 142 g/mol. The van der Waals surface area contributed by atoms with Gasteiger partial charge in [-0.2, -0.15) is 8.78 Å². The van der Waals surface area contributed by atoms with Crippen molar-refractivity contribution in [1.82, 2.24) is 0 Å². The molecule has 0 saturated carbocycles. The van der Waals surface area contributed by atoms with E-state index < -0.39 is 12.7 Å². The van der Waals surface area contributed by atoms with E-state index in [1.165, 1.54) is 7.11 Å². The van der Waals surface area contributed by atoms with Crippen molar-refractivity contribution in [3.63, 3.8) is 0 Å². The minimum atomic E-state index is -3.75. The Hall–Kier alpha value is -0.260. The molecular formula is C4H8F2O3. The van der Waals surface area contributed by atoms with Crippen LogP contribution in [0.2, 0.25) is 0 Å². The molecular weight excluding hydrogens is 134 g/mol. The summed E-state index contributed by atoms with van der Waals surface area (Å²) in [4.78, 5) is 0. The van der Waals surface area contributed by atoms with E-state index in [-0.39, 0.29) is 6.79 Å². The van der Waals surface area contributed by atoms with Crippen LogP contribution in [0.4, 0.5) is 8.78 Å². The van der Waals surface area contributed by atoms with Crippen molar-refractivity contribution in [2.45, 2.75) is 6.11 Å². The molecule has 0 aromatic heterocycles. The Kier molecular flexibility index (Phi) is 3.60. The van der Waals surface area contributed by atoms with Crippen molar-refractivity contribution in [3.05, 3.63) is 0 Å². The van der Waals surface area contributed by atoms with Gasteiger partial charge in [-0.3, -0.25) is 0 Å². The zero-order chi connectivity index (χ0) is 7.33. The fourth-order valence-corrected chi connectivity index (χ4v) is 0.248. The fourth-order valence-electron chi connectivity index (χ4n) is 0.248. The predicted octanol–water partition coefficient (Wildman–Crippen LogP) is 0.192. The molecule has 0 aliphatic carbocycles. The predicted molar refractivity (Wildman–Crippen MR) is 25.0 cm³/mol. The van der Waals surface area contributed by atoms with Gasteiger partial charge in [-0.1, -0.05) is 0 Å². The van der Waals surface area contributed by atoms with Gasteiger partial charge in [0.05, 0.1) is 0 Å². The molecule has 0 fully saturated rings. The van der Waals surface area contributed by atoms with E-state index in [0.717, 1.165) is 0 Å².